The molecule has 13 heavy (non-hydrogen) atoms. The maximum Gasteiger partial charge on any atom is 0.145 e. The molecule has 0 aliphatic heterocycles. The smallest absolute Gasteiger partial charge is 0.145 e. The Morgan fingerprint density at radius 3 is 1.77 bits per heavy atom. The highest BCUT2D eigenvalue weighted by molar-refractivity contribution is 5.70. The first-order valence-electron chi connectivity index (χ1n) is 3.85. The minimum Gasteiger partial charge on any atom is -1.00 e. The highest BCUT2D eigenvalue weighted by atomic mass is 35.5. The number of allylic oxidation sites excluding steroid dienone is 1. The molecule has 0 saturated carbocycles. The minimum atomic E-state index is 0. The number of halogens is 1. The second-order valence-corrected chi connectivity index (χ2v) is 3.70. The van der Waals surface area contributed by atoms with E-state index in [4.69, 9.17) is 5.11 Å². The number of aliphatic hydroxyl groups excluding tert-OH is 1. The normalized spacial score (nSPS) is 9.00. The number of quaternary nitrogens is 1. The fourth-order valence-corrected chi connectivity index (χ4v) is 0.300. The van der Waals surface area contributed by atoms with E-state index in [0.29, 0.717) is 5.57 Å². The molecule has 0 rings (SSSR count). The molecule has 4 heteroatoms. The Kier molecular flexibility index (Phi) is 13.7. The molecule has 80 valence electrons. The second-order valence-electron chi connectivity index (χ2n) is 3.70. The maximum atomic E-state index is 9.41. The summed E-state index contributed by atoms with van der Waals surface area (Å²) >= 11 is 0. The van der Waals surface area contributed by atoms with Gasteiger partial charge in [-0.3, -0.25) is 4.79 Å². The Morgan fingerprint density at radius 2 is 1.77 bits per heavy atom. The van der Waals surface area contributed by atoms with Crippen LogP contribution in [0.5, 0.6) is 0 Å². The fraction of sp³-hybridized carbons (Fsp3) is 0.667. The predicted molar refractivity (Wildman–Crippen MR) is 50.9 cm³/mol. The Hall–Kier alpha value is -0.380. The van der Waals surface area contributed by atoms with Crippen molar-refractivity contribution in [2.24, 2.45) is 0 Å². The summed E-state index contributed by atoms with van der Waals surface area (Å²) in [5.41, 5.74) is 0.574. The summed E-state index contributed by atoms with van der Waals surface area (Å²) in [6, 6.07) is 0. The minimum absolute atomic E-state index is 0. The molecule has 0 atom stereocenters. The third-order valence-corrected chi connectivity index (χ3v) is 0.972. The summed E-state index contributed by atoms with van der Waals surface area (Å²) in [6.45, 7) is 6.08. The van der Waals surface area contributed by atoms with Gasteiger partial charge >= 0.3 is 0 Å². The topological polar surface area (TPSA) is 37.3 Å². The van der Waals surface area contributed by atoms with Crippen molar-refractivity contribution in [3.63, 3.8) is 0 Å². The quantitative estimate of drug-likeness (QED) is 0.316. The number of likely N-dealkylation sites (N-methyl/N-ethyl adjacent to an activating group) is 1. The van der Waals surface area contributed by atoms with Gasteiger partial charge in [0.15, 0.2) is 0 Å². The highest BCUT2D eigenvalue weighted by Gasteiger charge is 2.02. The van der Waals surface area contributed by atoms with Crippen molar-refractivity contribution in [2.45, 2.75) is 6.92 Å². The van der Waals surface area contributed by atoms with Gasteiger partial charge in [-0.05, 0) is 12.5 Å². The van der Waals surface area contributed by atoms with Crippen molar-refractivity contribution in [2.75, 3.05) is 34.3 Å². The molecule has 0 saturated heterocycles. The number of rotatable bonds is 3. The molecule has 0 fully saturated rings. The lowest BCUT2D eigenvalue weighted by Gasteiger charge is -2.21. The highest BCUT2D eigenvalue weighted by Crippen LogP contribution is 1.84. The zero-order valence-corrected chi connectivity index (χ0v) is 9.64. The van der Waals surface area contributed by atoms with Crippen LogP contribution in [0, 0.1) is 0 Å². The van der Waals surface area contributed by atoms with Gasteiger partial charge in [0.25, 0.3) is 0 Å². The van der Waals surface area contributed by atoms with Gasteiger partial charge < -0.3 is 22.0 Å². The average molecular weight is 210 g/mol. The lowest BCUT2D eigenvalue weighted by Crippen LogP contribution is -3.00. The third kappa shape index (κ3) is 34.0. The van der Waals surface area contributed by atoms with Gasteiger partial charge in [0.1, 0.15) is 12.8 Å². The number of hydrogen-bond acceptors (Lipinski definition) is 2. The Labute approximate surface area is 87.1 Å². The van der Waals surface area contributed by atoms with Gasteiger partial charge in [0, 0.05) is 0 Å². The first-order chi connectivity index (χ1) is 5.33. The summed E-state index contributed by atoms with van der Waals surface area (Å²) in [6.07, 6.45) is 0.722. The van der Waals surface area contributed by atoms with Crippen molar-refractivity contribution >= 4 is 6.29 Å². The van der Waals surface area contributed by atoms with Crippen molar-refractivity contribution in [1.82, 2.24) is 0 Å². The van der Waals surface area contributed by atoms with Crippen LogP contribution < -0.4 is 12.4 Å². The van der Waals surface area contributed by atoms with Crippen LogP contribution in [0.15, 0.2) is 12.2 Å². The zero-order chi connectivity index (χ0) is 10.2. The SMILES string of the molecule is C=C(C)C=O.C[N+](C)(C)CCO.[Cl-]. The maximum absolute atomic E-state index is 9.41. The molecular formula is C9H20ClNO2. The molecule has 0 aromatic rings. The molecule has 0 aromatic heterocycles. The summed E-state index contributed by atoms with van der Waals surface area (Å²) in [5, 5.41) is 8.39. The third-order valence-electron chi connectivity index (χ3n) is 0.972. The van der Waals surface area contributed by atoms with Crippen LogP contribution in [0.25, 0.3) is 0 Å². The van der Waals surface area contributed by atoms with Gasteiger partial charge in [-0.1, -0.05) is 6.58 Å². The summed E-state index contributed by atoms with van der Waals surface area (Å²) in [4.78, 5) is 9.41. The molecule has 0 bridgehead atoms. The van der Waals surface area contributed by atoms with E-state index < -0.39 is 0 Å². The van der Waals surface area contributed by atoms with Crippen LogP contribution in [0.3, 0.4) is 0 Å². The standard InChI is InChI=1S/C5H14NO.C4H6O.ClH/c1-6(2,3)4-5-7;1-4(2)3-5;/h7H,4-5H2,1-3H3;3H,1H2,2H3;1H/q+1;;/p-1. The summed E-state index contributed by atoms with van der Waals surface area (Å²) < 4.78 is 0.844. The lowest BCUT2D eigenvalue weighted by molar-refractivity contribution is -0.870. The van der Waals surface area contributed by atoms with Crippen LogP contribution in [0.1, 0.15) is 6.92 Å². The zero-order valence-electron chi connectivity index (χ0n) is 8.88. The van der Waals surface area contributed by atoms with Crippen molar-refractivity contribution in [3.05, 3.63) is 12.2 Å². The monoisotopic (exact) mass is 209 g/mol. The fourth-order valence-electron chi connectivity index (χ4n) is 0.300. The van der Waals surface area contributed by atoms with Gasteiger partial charge in [-0.15, -0.1) is 0 Å². The number of carbonyl (C=O) groups excluding carboxylic acids is 1. The van der Waals surface area contributed by atoms with E-state index in [1.54, 1.807) is 6.92 Å². The largest absolute Gasteiger partial charge is 1.00 e. The Morgan fingerprint density at radius 1 is 1.46 bits per heavy atom. The van der Waals surface area contributed by atoms with Gasteiger partial charge in [0.05, 0.1) is 27.7 Å². The number of carbonyl (C=O) groups is 1. The summed E-state index contributed by atoms with van der Waals surface area (Å²) in [7, 11) is 6.16. The van der Waals surface area contributed by atoms with Crippen LogP contribution >= 0.6 is 0 Å². The van der Waals surface area contributed by atoms with E-state index in [1.807, 2.05) is 0 Å². The number of aliphatic hydroxyl groups is 1. The Bertz CT molecular complexity index is 141. The van der Waals surface area contributed by atoms with Crippen LogP contribution in [-0.4, -0.2) is 50.2 Å². The molecule has 0 radical (unpaired) electrons. The number of aldehydes is 1. The molecule has 0 aromatic carbocycles. The molecule has 0 unspecified atom stereocenters. The molecule has 3 nitrogen and oxygen atoms in total. The Balaban J connectivity index is -0.000000150. The van der Waals surface area contributed by atoms with E-state index >= 15 is 0 Å². The number of hydrogen-bond donors (Lipinski definition) is 1. The van der Waals surface area contributed by atoms with Crippen LogP contribution in [-0.2, 0) is 4.79 Å². The van der Waals surface area contributed by atoms with Crippen molar-refractivity contribution in [3.8, 4) is 0 Å². The predicted octanol–water partition coefficient (Wildman–Crippen LogP) is -2.55. The van der Waals surface area contributed by atoms with E-state index in [-0.39, 0.29) is 19.0 Å². The van der Waals surface area contributed by atoms with Crippen molar-refractivity contribution in [1.29, 1.82) is 0 Å². The van der Waals surface area contributed by atoms with Gasteiger partial charge in [-0.25, -0.2) is 0 Å². The van der Waals surface area contributed by atoms with E-state index in [1.165, 1.54) is 0 Å². The van der Waals surface area contributed by atoms with Gasteiger partial charge in [0.2, 0.25) is 0 Å². The van der Waals surface area contributed by atoms with Gasteiger partial charge in [-0.2, -0.15) is 0 Å². The van der Waals surface area contributed by atoms with E-state index in [9.17, 15) is 4.79 Å². The first-order valence-corrected chi connectivity index (χ1v) is 3.85. The first kappa shape index (κ1) is 18.4. The van der Waals surface area contributed by atoms with Crippen molar-refractivity contribution < 1.29 is 26.8 Å². The lowest BCUT2D eigenvalue weighted by atomic mass is 10.4. The van der Waals surface area contributed by atoms with Crippen LogP contribution in [0.2, 0.25) is 0 Å². The molecule has 0 aliphatic carbocycles. The van der Waals surface area contributed by atoms with Crippen LogP contribution in [0.4, 0.5) is 0 Å². The van der Waals surface area contributed by atoms with E-state index in [2.05, 4.69) is 27.7 Å². The molecule has 0 aliphatic rings. The van der Waals surface area contributed by atoms with E-state index in [0.717, 1.165) is 17.3 Å². The molecular weight excluding hydrogens is 190 g/mol. The average Bonchev–Trinajstić information content (AvgIpc) is 1.86. The molecule has 0 heterocycles. The summed E-state index contributed by atoms with van der Waals surface area (Å²) in [5.74, 6) is 0. The molecule has 1 N–H and O–H groups in total. The second kappa shape index (κ2) is 9.71. The molecule has 0 amide bonds. The number of nitrogens with zero attached hydrogens (tertiary/aromatic N) is 1. The molecule has 0 spiro atoms.